The molecule has 0 aliphatic rings. The minimum Gasteiger partial charge on any atom is -0.507 e. The summed E-state index contributed by atoms with van der Waals surface area (Å²) >= 11 is 0. The lowest BCUT2D eigenvalue weighted by Gasteiger charge is -2.05. The van der Waals surface area contributed by atoms with Gasteiger partial charge in [0.05, 0.1) is 16.9 Å². The molecule has 0 amide bonds. The van der Waals surface area contributed by atoms with Crippen molar-refractivity contribution in [1.29, 1.82) is 0 Å². The van der Waals surface area contributed by atoms with Gasteiger partial charge in [0.1, 0.15) is 5.75 Å². The zero-order valence-corrected chi connectivity index (χ0v) is 11.6. The summed E-state index contributed by atoms with van der Waals surface area (Å²) in [5.74, 6) is -3.55. The Labute approximate surface area is 129 Å². The van der Waals surface area contributed by atoms with Crippen molar-refractivity contribution in [2.45, 2.75) is 6.42 Å². The normalized spacial score (nSPS) is 10.3. The summed E-state index contributed by atoms with van der Waals surface area (Å²) in [5.41, 5.74) is -1.20. The van der Waals surface area contributed by atoms with Crippen LogP contribution in [0, 0.1) is 10.1 Å². The van der Waals surface area contributed by atoms with Gasteiger partial charge >= 0.3 is 5.69 Å². The number of phenolic OH excluding ortho intramolecular Hbond substituents is 3. The lowest BCUT2D eigenvalue weighted by atomic mass is 10.00. The van der Waals surface area contributed by atoms with Crippen LogP contribution in [0.5, 0.6) is 17.2 Å². The Bertz CT molecular complexity index is 813. The molecule has 0 aromatic heterocycles. The van der Waals surface area contributed by atoms with Crippen LogP contribution in [0.25, 0.3) is 0 Å². The fourth-order valence-electron chi connectivity index (χ4n) is 1.96. The number of phenols is 3. The van der Waals surface area contributed by atoms with Gasteiger partial charge in [-0.25, -0.2) is 0 Å². The molecule has 8 nitrogen and oxygen atoms in total. The zero-order valence-electron chi connectivity index (χ0n) is 11.6. The maximum Gasteiger partial charge on any atom is 0.315 e. The molecule has 0 atom stereocenters. The molecule has 0 saturated carbocycles. The van der Waals surface area contributed by atoms with Crippen molar-refractivity contribution in [3.05, 3.63) is 57.6 Å². The van der Waals surface area contributed by atoms with Crippen LogP contribution >= 0.6 is 0 Å². The molecule has 0 aliphatic heterocycles. The molecule has 0 radical (unpaired) electrons. The van der Waals surface area contributed by atoms with Crippen molar-refractivity contribution < 1.29 is 29.8 Å². The van der Waals surface area contributed by atoms with Crippen molar-refractivity contribution in [2.24, 2.45) is 0 Å². The Morgan fingerprint density at radius 3 is 2.26 bits per heavy atom. The van der Waals surface area contributed by atoms with Crippen LogP contribution in [0.4, 0.5) is 5.69 Å². The topological polar surface area (TPSA) is 138 Å². The number of aromatic hydroxyl groups is 3. The molecule has 0 unspecified atom stereocenters. The number of benzene rings is 2. The highest BCUT2D eigenvalue weighted by Gasteiger charge is 2.23. The lowest BCUT2D eigenvalue weighted by molar-refractivity contribution is -0.386. The van der Waals surface area contributed by atoms with E-state index in [0.717, 1.165) is 12.1 Å². The molecular weight excluding hydrogens is 306 g/mol. The van der Waals surface area contributed by atoms with E-state index in [-0.39, 0.29) is 16.9 Å². The van der Waals surface area contributed by atoms with Crippen molar-refractivity contribution >= 4 is 17.3 Å². The average molecular weight is 317 g/mol. The van der Waals surface area contributed by atoms with E-state index in [4.69, 9.17) is 0 Å². The van der Waals surface area contributed by atoms with Gasteiger partial charge in [0.15, 0.2) is 17.3 Å². The van der Waals surface area contributed by atoms with E-state index in [1.807, 2.05) is 0 Å². The summed E-state index contributed by atoms with van der Waals surface area (Å²) in [6.07, 6.45) is -0.654. The van der Waals surface area contributed by atoms with Crippen LogP contribution in [0.15, 0.2) is 36.4 Å². The minimum absolute atomic E-state index is 0.0571. The van der Waals surface area contributed by atoms with E-state index in [1.165, 1.54) is 24.3 Å². The largest absolute Gasteiger partial charge is 0.507 e. The highest BCUT2D eigenvalue weighted by atomic mass is 16.6. The molecule has 0 spiro atoms. The van der Waals surface area contributed by atoms with Crippen LogP contribution in [-0.2, 0) is 0 Å². The summed E-state index contributed by atoms with van der Waals surface area (Å²) in [6.45, 7) is 0. The van der Waals surface area contributed by atoms with Gasteiger partial charge in [-0.2, -0.15) is 0 Å². The monoisotopic (exact) mass is 317 g/mol. The third-order valence-electron chi connectivity index (χ3n) is 3.11. The fourth-order valence-corrected chi connectivity index (χ4v) is 1.96. The van der Waals surface area contributed by atoms with Crippen molar-refractivity contribution in [3.63, 3.8) is 0 Å². The molecule has 0 aliphatic carbocycles. The smallest absolute Gasteiger partial charge is 0.315 e. The second-order valence-electron chi connectivity index (χ2n) is 4.66. The number of nitrogens with zero attached hydrogens (tertiary/aromatic N) is 1. The molecular formula is C15H11NO7. The number of carbonyl (C=O) groups excluding carboxylic acids is 2. The molecule has 0 fully saturated rings. The SMILES string of the molecule is O=C(CC(=O)c1ccccc1O)c1cc(O)c(O)c([N+](=O)[O-])c1. The zero-order chi connectivity index (χ0) is 17.1. The van der Waals surface area contributed by atoms with Gasteiger partial charge in [-0.1, -0.05) is 12.1 Å². The fraction of sp³-hybridized carbons (Fsp3) is 0.0667. The molecule has 118 valence electrons. The Hall–Kier alpha value is -3.42. The van der Waals surface area contributed by atoms with Crippen LogP contribution in [0.2, 0.25) is 0 Å². The molecule has 0 saturated heterocycles. The summed E-state index contributed by atoms with van der Waals surface area (Å²) in [5, 5.41) is 39.1. The molecule has 2 rings (SSSR count). The first-order chi connectivity index (χ1) is 10.8. The number of ketones is 2. The first-order valence-corrected chi connectivity index (χ1v) is 6.36. The number of hydrogen-bond acceptors (Lipinski definition) is 7. The van der Waals surface area contributed by atoms with E-state index >= 15 is 0 Å². The Morgan fingerprint density at radius 1 is 1.00 bits per heavy atom. The number of rotatable bonds is 5. The number of nitro benzene ring substituents is 1. The molecule has 23 heavy (non-hydrogen) atoms. The van der Waals surface area contributed by atoms with Crippen LogP contribution in [0.3, 0.4) is 0 Å². The van der Waals surface area contributed by atoms with E-state index < -0.39 is 40.1 Å². The molecule has 8 heteroatoms. The summed E-state index contributed by atoms with van der Waals surface area (Å²) in [4.78, 5) is 33.9. The van der Waals surface area contributed by atoms with Crippen LogP contribution in [-0.4, -0.2) is 31.8 Å². The highest BCUT2D eigenvalue weighted by molar-refractivity contribution is 6.14. The van der Waals surface area contributed by atoms with Gasteiger partial charge in [0, 0.05) is 11.6 Å². The maximum atomic E-state index is 12.1. The molecule has 0 heterocycles. The molecule has 3 N–H and O–H groups in total. The second kappa shape index (κ2) is 6.14. The van der Waals surface area contributed by atoms with E-state index in [2.05, 4.69) is 0 Å². The number of para-hydroxylation sites is 1. The van der Waals surface area contributed by atoms with Gasteiger partial charge in [-0.15, -0.1) is 0 Å². The standard InChI is InChI=1S/C15H11NO7/c17-11-4-2-1-3-9(11)13(19)7-12(18)8-5-10(16(22)23)15(21)14(20)6-8/h1-6,17,20-21H,7H2. The first-order valence-electron chi connectivity index (χ1n) is 6.36. The highest BCUT2D eigenvalue weighted by Crippen LogP contribution is 2.36. The lowest BCUT2D eigenvalue weighted by Crippen LogP contribution is -2.09. The Balaban J connectivity index is 2.30. The van der Waals surface area contributed by atoms with Crippen LogP contribution < -0.4 is 0 Å². The van der Waals surface area contributed by atoms with Crippen LogP contribution in [0.1, 0.15) is 27.1 Å². The number of nitro groups is 1. The Kier molecular flexibility index (Phi) is 4.26. The van der Waals surface area contributed by atoms with Crippen molar-refractivity contribution in [2.75, 3.05) is 0 Å². The van der Waals surface area contributed by atoms with E-state index in [9.17, 15) is 35.0 Å². The summed E-state index contributed by atoms with van der Waals surface area (Å²) in [7, 11) is 0. The van der Waals surface area contributed by atoms with Crippen molar-refractivity contribution in [1.82, 2.24) is 0 Å². The average Bonchev–Trinajstić information content (AvgIpc) is 2.49. The predicted molar refractivity (Wildman–Crippen MR) is 77.8 cm³/mol. The second-order valence-corrected chi connectivity index (χ2v) is 4.66. The van der Waals surface area contributed by atoms with E-state index in [1.54, 1.807) is 0 Å². The van der Waals surface area contributed by atoms with Gasteiger partial charge in [-0.3, -0.25) is 19.7 Å². The summed E-state index contributed by atoms with van der Waals surface area (Å²) < 4.78 is 0. The third kappa shape index (κ3) is 3.26. The molecule has 2 aromatic rings. The third-order valence-corrected chi connectivity index (χ3v) is 3.11. The quantitative estimate of drug-likeness (QED) is 0.252. The van der Waals surface area contributed by atoms with Gasteiger partial charge < -0.3 is 15.3 Å². The van der Waals surface area contributed by atoms with E-state index in [0.29, 0.717) is 0 Å². The first kappa shape index (κ1) is 16.0. The minimum atomic E-state index is -0.962. The number of hydrogen-bond donors (Lipinski definition) is 3. The maximum absolute atomic E-state index is 12.1. The number of carbonyl (C=O) groups is 2. The Morgan fingerprint density at radius 2 is 1.65 bits per heavy atom. The molecule has 2 aromatic carbocycles. The predicted octanol–water partition coefficient (Wildman–Crippen LogP) is 2.17. The van der Waals surface area contributed by atoms with Gasteiger partial charge in [0.25, 0.3) is 0 Å². The summed E-state index contributed by atoms with van der Waals surface area (Å²) in [6, 6.07) is 7.25. The number of Topliss-reactive ketones (excluding diaryl/α,β-unsaturated/α-hetero) is 2. The van der Waals surface area contributed by atoms with Crippen molar-refractivity contribution in [3.8, 4) is 17.2 Å². The molecule has 0 bridgehead atoms. The van der Waals surface area contributed by atoms with Gasteiger partial charge in [-0.05, 0) is 18.2 Å². The van der Waals surface area contributed by atoms with Gasteiger partial charge in [0.2, 0.25) is 5.75 Å².